The molecule has 1 aromatic carbocycles. The van der Waals surface area contributed by atoms with Crippen molar-refractivity contribution < 1.29 is 22.7 Å². The van der Waals surface area contributed by atoms with Crippen LogP contribution < -0.4 is 15.4 Å². The maximum atomic E-state index is 12.5. The van der Waals surface area contributed by atoms with Crippen molar-refractivity contribution in [1.82, 2.24) is 15.5 Å². The third kappa shape index (κ3) is 8.53. The van der Waals surface area contributed by atoms with Crippen LogP contribution in [0.3, 0.4) is 0 Å². The molecule has 28 heavy (non-hydrogen) atoms. The lowest BCUT2D eigenvalue weighted by atomic mass is 10.1. The number of carbonyl (C=O) groups is 1. The Hall–Kier alpha value is -1.72. The maximum Gasteiger partial charge on any atom is 0.573 e. The maximum absolute atomic E-state index is 12.5. The van der Waals surface area contributed by atoms with Crippen molar-refractivity contribution in [2.24, 2.45) is 4.99 Å². The third-order valence-electron chi connectivity index (χ3n) is 4.07. The number of benzene rings is 1. The van der Waals surface area contributed by atoms with Crippen LogP contribution in [0.15, 0.2) is 29.3 Å². The first-order valence-corrected chi connectivity index (χ1v) is 9.02. The van der Waals surface area contributed by atoms with Crippen LogP contribution in [0.1, 0.15) is 31.7 Å². The standard InChI is InChI=1S/C18H25F3N4O2.HI/c1-2-22-17(24-13-16(26)25-10-6-3-7-11-25)23-12-14-8-4-5-9-15(14)27-18(19,20)21;/h4-5,8-9H,2-3,6-7,10-13H2,1H3,(H2,22,23,24);1H. The Morgan fingerprint density at radius 1 is 1.18 bits per heavy atom. The van der Waals surface area contributed by atoms with E-state index in [1.807, 2.05) is 11.8 Å². The van der Waals surface area contributed by atoms with Gasteiger partial charge in [-0.3, -0.25) is 4.79 Å². The summed E-state index contributed by atoms with van der Waals surface area (Å²) >= 11 is 0. The van der Waals surface area contributed by atoms with Crippen molar-refractivity contribution in [1.29, 1.82) is 0 Å². The Morgan fingerprint density at radius 3 is 2.50 bits per heavy atom. The monoisotopic (exact) mass is 514 g/mol. The predicted molar refractivity (Wildman–Crippen MR) is 112 cm³/mol. The van der Waals surface area contributed by atoms with E-state index in [1.54, 1.807) is 6.07 Å². The van der Waals surface area contributed by atoms with Gasteiger partial charge in [0.25, 0.3) is 0 Å². The van der Waals surface area contributed by atoms with Crippen LogP contribution in [0.25, 0.3) is 0 Å². The lowest BCUT2D eigenvalue weighted by molar-refractivity contribution is -0.274. The Kier molecular flexibility index (Phi) is 10.4. The van der Waals surface area contributed by atoms with Crippen molar-refractivity contribution in [2.75, 3.05) is 26.2 Å². The fourth-order valence-corrected chi connectivity index (χ4v) is 2.78. The molecule has 158 valence electrons. The van der Waals surface area contributed by atoms with E-state index in [1.165, 1.54) is 18.2 Å². The quantitative estimate of drug-likeness (QED) is 0.348. The van der Waals surface area contributed by atoms with Gasteiger partial charge in [0, 0.05) is 25.2 Å². The molecule has 1 saturated heterocycles. The van der Waals surface area contributed by atoms with Gasteiger partial charge in [-0.1, -0.05) is 18.2 Å². The molecule has 2 N–H and O–H groups in total. The number of guanidine groups is 1. The fourth-order valence-electron chi connectivity index (χ4n) is 2.78. The van der Waals surface area contributed by atoms with Crippen molar-refractivity contribution in [3.05, 3.63) is 29.8 Å². The molecule has 10 heteroatoms. The Balaban J connectivity index is 0.00000392. The molecule has 1 amide bonds. The summed E-state index contributed by atoms with van der Waals surface area (Å²) in [5.41, 5.74) is 0.300. The highest BCUT2D eigenvalue weighted by atomic mass is 127. The van der Waals surface area contributed by atoms with E-state index in [4.69, 9.17) is 0 Å². The van der Waals surface area contributed by atoms with Gasteiger partial charge >= 0.3 is 6.36 Å². The highest BCUT2D eigenvalue weighted by Crippen LogP contribution is 2.26. The highest BCUT2D eigenvalue weighted by molar-refractivity contribution is 14.0. The molecule has 6 nitrogen and oxygen atoms in total. The first kappa shape index (κ1) is 24.3. The number of rotatable bonds is 6. The average Bonchev–Trinajstić information content (AvgIpc) is 2.64. The topological polar surface area (TPSA) is 66.0 Å². The first-order chi connectivity index (χ1) is 12.9. The van der Waals surface area contributed by atoms with E-state index < -0.39 is 6.36 Å². The average molecular weight is 514 g/mol. The number of amides is 1. The van der Waals surface area contributed by atoms with Gasteiger partial charge in [-0.2, -0.15) is 0 Å². The zero-order valence-electron chi connectivity index (χ0n) is 15.7. The number of piperidine rings is 1. The van der Waals surface area contributed by atoms with E-state index >= 15 is 0 Å². The number of para-hydroxylation sites is 1. The van der Waals surface area contributed by atoms with Crippen LogP contribution in [-0.2, 0) is 11.3 Å². The molecule has 0 atom stereocenters. The molecule has 0 spiro atoms. The van der Waals surface area contributed by atoms with E-state index in [-0.39, 0.29) is 48.7 Å². The molecule has 1 aliphatic heterocycles. The van der Waals surface area contributed by atoms with Gasteiger partial charge in [0.05, 0.1) is 13.1 Å². The van der Waals surface area contributed by atoms with E-state index in [0.717, 1.165) is 32.4 Å². The predicted octanol–water partition coefficient (Wildman–Crippen LogP) is 3.27. The minimum absolute atomic E-state index is 0. The number of hydrogen-bond donors (Lipinski definition) is 2. The molecule has 1 aromatic rings. The molecule has 0 bridgehead atoms. The van der Waals surface area contributed by atoms with Gasteiger partial charge in [0.15, 0.2) is 5.96 Å². The highest BCUT2D eigenvalue weighted by Gasteiger charge is 2.31. The molecular weight excluding hydrogens is 488 g/mol. The van der Waals surface area contributed by atoms with Crippen LogP contribution in [0.5, 0.6) is 5.75 Å². The zero-order valence-corrected chi connectivity index (χ0v) is 18.0. The van der Waals surface area contributed by atoms with Crippen LogP contribution in [-0.4, -0.2) is 49.3 Å². The summed E-state index contributed by atoms with van der Waals surface area (Å²) in [5, 5.41) is 5.92. The van der Waals surface area contributed by atoms with E-state index in [0.29, 0.717) is 18.1 Å². The molecule has 0 radical (unpaired) electrons. The fraction of sp³-hybridized carbons (Fsp3) is 0.556. The van der Waals surface area contributed by atoms with Crippen molar-refractivity contribution in [3.63, 3.8) is 0 Å². The molecule has 0 saturated carbocycles. The molecule has 1 fully saturated rings. The van der Waals surface area contributed by atoms with Gasteiger partial charge in [-0.15, -0.1) is 37.1 Å². The Bertz CT molecular complexity index is 650. The number of halogens is 4. The second-order valence-electron chi connectivity index (χ2n) is 6.15. The van der Waals surface area contributed by atoms with E-state index in [9.17, 15) is 18.0 Å². The van der Waals surface area contributed by atoms with Gasteiger partial charge in [-0.25, -0.2) is 4.99 Å². The normalized spacial score (nSPS) is 14.9. The van der Waals surface area contributed by atoms with Gasteiger partial charge < -0.3 is 20.3 Å². The molecular formula is C18H26F3IN4O2. The van der Waals surface area contributed by atoms with Crippen LogP contribution in [0, 0.1) is 0 Å². The summed E-state index contributed by atoms with van der Waals surface area (Å²) < 4.78 is 41.5. The number of hydrogen-bond acceptors (Lipinski definition) is 3. The van der Waals surface area contributed by atoms with Gasteiger partial charge in [0.2, 0.25) is 5.91 Å². The van der Waals surface area contributed by atoms with Crippen molar-refractivity contribution in [2.45, 2.75) is 39.1 Å². The lowest BCUT2D eigenvalue weighted by Gasteiger charge is -2.27. The number of ether oxygens (including phenoxy) is 1. The number of carbonyl (C=O) groups excluding carboxylic acids is 1. The van der Waals surface area contributed by atoms with Crippen LogP contribution >= 0.6 is 24.0 Å². The van der Waals surface area contributed by atoms with Crippen molar-refractivity contribution >= 4 is 35.8 Å². The number of alkyl halides is 3. The van der Waals surface area contributed by atoms with Gasteiger partial charge in [-0.05, 0) is 32.3 Å². The number of nitrogens with one attached hydrogen (secondary N) is 2. The van der Waals surface area contributed by atoms with E-state index in [2.05, 4.69) is 20.4 Å². The summed E-state index contributed by atoms with van der Waals surface area (Å²) in [6.07, 6.45) is -1.60. The van der Waals surface area contributed by atoms with Gasteiger partial charge in [0.1, 0.15) is 5.75 Å². The first-order valence-electron chi connectivity index (χ1n) is 9.02. The molecule has 0 aromatic heterocycles. The SMILES string of the molecule is CCNC(=NCc1ccccc1OC(F)(F)F)NCC(=O)N1CCCCC1.I. The molecule has 0 aliphatic carbocycles. The molecule has 0 unspecified atom stereocenters. The third-order valence-corrected chi connectivity index (χ3v) is 4.07. The molecule has 2 rings (SSSR count). The minimum atomic E-state index is -4.76. The summed E-state index contributed by atoms with van der Waals surface area (Å²) in [6, 6.07) is 5.86. The summed E-state index contributed by atoms with van der Waals surface area (Å²) in [5.74, 6) is 0.0692. The Morgan fingerprint density at radius 2 is 1.86 bits per heavy atom. The zero-order chi connectivity index (χ0) is 19.7. The second kappa shape index (κ2) is 12.0. The summed E-state index contributed by atoms with van der Waals surface area (Å²) in [4.78, 5) is 18.3. The lowest BCUT2D eigenvalue weighted by Crippen LogP contribution is -2.46. The number of nitrogens with zero attached hydrogens (tertiary/aromatic N) is 2. The largest absolute Gasteiger partial charge is 0.573 e. The van der Waals surface area contributed by atoms with Crippen LogP contribution in [0.2, 0.25) is 0 Å². The number of aliphatic imine (C=N–C) groups is 1. The van der Waals surface area contributed by atoms with Crippen molar-refractivity contribution in [3.8, 4) is 5.75 Å². The molecule has 1 heterocycles. The summed E-state index contributed by atoms with van der Waals surface area (Å²) in [7, 11) is 0. The van der Waals surface area contributed by atoms with Crippen LogP contribution in [0.4, 0.5) is 13.2 Å². The minimum Gasteiger partial charge on any atom is -0.405 e. The second-order valence-corrected chi connectivity index (χ2v) is 6.15. The molecule has 1 aliphatic rings. The Labute approximate surface area is 179 Å². The summed E-state index contributed by atoms with van der Waals surface area (Å²) in [6.45, 7) is 4.02. The smallest absolute Gasteiger partial charge is 0.405 e. The number of likely N-dealkylation sites (tertiary alicyclic amines) is 1.